The molecule has 156 valence electrons. The predicted molar refractivity (Wildman–Crippen MR) is 118 cm³/mol. The highest BCUT2D eigenvalue weighted by Crippen LogP contribution is 2.32. The lowest BCUT2D eigenvalue weighted by atomic mass is 9.91. The molecule has 1 aliphatic rings. The van der Waals surface area contributed by atoms with Crippen LogP contribution in [-0.2, 0) is 17.8 Å². The van der Waals surface area contributed by atoms with Gasteiger partial charge in [-0.15, -0.1) is 0 Å². The van der Waals surface area contributed by atoms with Crippen molar-refractivity contribution in [1.82, 2.24) is 14.3 Å². The van der Waals surface area contributed by atoms with Gasteiger partial charge >= 0.3 is 0 Å². The first-order chi connectivity index (χ1) is 15.1. The normalized spacial score (nSPS) is 14.5. The van der Waals surface area contributed by atoms with Crippen molar-refractivity contribution in [1.29, 1.82) is 0 Å². The average Bonchev–Trinajstić information content (AvgIpc) is 3.23. The first kappa shape index (κ1) is 19.5. The molecular weight excluding hydrogens is 389 g/mol. The van der Waals surface area contributed by atoms with Crippen LogP contribution in [0.25, 0.3) is 5.65 Å². The number of hydrogen-bond donors (Lipinski definition) is 0. The van der Waals surface area contributed by atoms with E-state index in [1.165, 1.54) is 17.2 Å². The molecular formula is C26H24FN3O. The van der Waals surface area contributed by atoms with Gasteiger partial charge in [-0.05, 0) is 47.7 Å². The summed E-state index contributed by atoms with van der Waals surface area (Å²) in [5.74, 6) is -0.681. The standard InChI is InChI=1S/C26H24FN3O/c1-18-7-6-13-30-24(16-28-26(18)30)22(21-10-4-5-11-23(21)27)15-25(31)29-14-12-19-8-2-3-9-20(19)17-29/h2-11,13,16,22H,12,14-15,17H2,1H3. The summed E-state index contributed by atoms with van der Waals surface area (Å²) >= 11 is 0. The maximum atomic E-state index is 14.8. The minimum atomic E-state index is -0.414. The third-order valence-electron chi connectivity index (χ3n) is 6.26. The molecule has 1 aliphatic heterocycles. The molecule has 5 heteroatoms. The molecule has 0 aliphatic carbocycles. The highest BCUT2D eigenvalue weighted by atomic mass is 19.1. The molecule has 1 unspecified atom stereocenters. The van der Waals surface area contributed by atoms with Crippen LogP contribution >= 0.6 is 0 Å². The Morgan fingerprint density at radius 1 is 1.06 bits per heavy atom. The molecule has 1 amide bonds. The van der Waals surface area contributed by atoms with Crippen LogP contribution < -0.4 is 0 Å². The van der Waals surface area contributed by atoms with Crippen LogP contribution in [0.3, 0.4) is 0 Å². The number of carbonyl (C=O) groups is 1. The van der Waals surface area contributed by atoms with Crippen molar-refractivity contribution in [3.63, 3.8) is 0 Å². The van der Waals surface area contributed by atoms with Crippen LogP contribution in [0.2, 0.25) is 0 Å². The van der Waals surface area contributed by atoms with Crippen molar-refractivity contribution in [2.75, 3.05) is 6.54 Å². The molecule has 31 heavy (non-hydrogen) atoms. The zero-order valence-corrected chi connectivity index (χ0v) is 17.5. The number of benzene rings is 2. The summed E-state index contributed by atoms with van der Waals surface area (Å²) in [6.07, 6.45) is 4.75. The van der Waals surface area contributed by atoms with Gasteiger partial charge in [0.05, 0.1) is 5.69 Å². The summed E-state index contributed by atoms with van der Waals surface area (Å²) in [6.45, 7) is 3.29. The number of aromatic nitrogens is 2. The maximum absolute atomic E-state index is 14.8. The van der Waals surface area contributed by atoms with Crippen LogP contribution in [0, 0.1) is 12.7 Å². The van der Waals surface area contributed by atoms with Crippen LogP contribution in [0.15, 0.2) is 73.1 Å². The van der Waals surface area contributed by atoms with Crippen molar-refractivity contribution in [3.8, 4) is 0 Å². The van der Waals surface area contributed by atoms with E-state index in [2.05, 4.69) is 17.1 Å². The first-order valence-corrected chi connectivity index (χ1v) is 10.6. The van der Waals surface area contributed by atoms with Gasteiger partial charge in [0.25, 0.3) is 0 Å². The second kappa shape index (κ2) is 7.99. The van der Waals surface area contributed by atoms with Crippen molar-refractivity contribution in [2.24, 2.45) is 0 Å². The van der Waals surface area contributed by atoms with Gasteiger partial charge in [-0.3, -0.25) is 4.79 Å². The number of imidazole rings is 1. The summed E-state index contributed by atoms with van der Waals surface area (Å²) < 4.78 is 16.8. The maximum Gasteiger partial charge on any atom is 0.223 e. The smallest absolute Gasteiger partial charge is 0.223 e. The number of nitrogens with zero attached hydrogens (tertiary/aromatic N) is 3. The number of aryl methyl sites for hydroxylation is 1. The van der Waals surface area contributed by atoms with Gasteiger partial charge in [0, 0.05) is 37.8 Å². The number of hydrogen-bond acceptors (Lipinski definition) is 2. The number of rotatable bonds is 4. The van der Waals surface area contributed by atoms with E-state index < -0.39 is 5.92 Å². The Morgan fingerprint density at radius 2 is 1.84 bits per heavy atom. The molecule has 0 spiro atoms. The van der Waals surface area contributed by atoms with E-state index in [1.807, 2.05) is 52.8 Å². The van der Waals surface area contributed by atoms with Gasteiger partial charge < -0.3 is 9.30 Å². The second-order valence-electron chi connectivity index (χ2n) is 8.18. The van der Waals surface area contributed by atoms with E-state index in [0.29, 0.717) is 18.7 Å². The fourth-order valence-electron chi connectivity index (χ4n) is 4.57. The summed E-state index contributed by atoms with van der Waals surface area (Å²) in [7, 11) is 0. The lowest BCUT2D eigenvalue weighted by Gasteiger charge is -2.30. The quantitative estimate of drug-likeness (QED) is 0.478. The molecule has 3 heterocycles. The molecule has 2 aromatic heterocycles. The lowest BCUT2D eigenvalue weighted by Crippen LogP contribution is -2.36. The van der Waals surface area contributed by atoms with Crippen LogP contribution in [-0.4, -0.2) is 26.7 Å². The molecule has 0 saturated heterocycles. The number of amides is 1. The third-order valence-corrected chi connectivity index (χ3v) is 6.26. The number of carbonyl (C=O) groups excluding carboxylic acids is 1. The lowest BCUT2D eigenvalue weighted by molar-refractivity contribution is -0.132. The SMILES string of the molecule is Cc1cccn2c(C(CC(=O)N3CCc4ccccc4C3)c3ccccc3F)cnc12. The monoisotopic (exact) mass is 413 g/mol. The Hall–Kier alpha value is -3.47. The molecule has 4 aromatic rings. The van der Waals surface area contributed by atoms with E-state index in [0.717, 1.165) is 23.3 Å². The summed E-state index contributed by atoms with van der Waals surface area (Å²) in [6, 6.07) is 18.9. The van der Waals surface area contributed by atoms with Crippen molar-refractivity contribution >= 4 is 11.6 Å². The van der Waals surface area contributed by atoms with Crippen LogP contribution in [0.5, 0.6) is 0 Å². The molecule has 0 radical (unpaired) electrons. The second-order valence-corrected chi connectivity index (χ2v) is 8.18. The highest BCUT2D eigenvalue weighted by molar-refractivity contribution is 5.78. The Morgan fingerprint density at radius 3 is 2.68 bits per heavy atom. The Balaban J connectivity index is 1.50. The number of fused-ring (bicyclic) bond motifs is 2. The fourth-order valence-corrected chi connectivity index (χ4v) is 4.57. The molecule has 0 N–H and O–H groups in total. The summed E-state index contributed by atoms with van der Waals surface area (Å²) in [5.41, 5.74) is 5.72. The highest BCUT2D eigenvalue weighted by Gasteiger charge is 2.28. The van der Waals surface area contributed by atoms with Gasteiger partial charge in [-0.25, -0.2) is 9.37 Å². The molecule has 0 fully saturated rings. The molecule has 0 saturated carbocycles. The topological polar surface area (TPSA) is 37.6 Å². The Labute approximate surface area is 181 Å². The van der Waals surface area contributed by atoms with E-state index in [9.17, 15) is 9.18 Å². The average molecular weight is 413 g/mol. The summed E-state index contributed by atoms with van der Waals surface area (Å²) in [5, 5.41) is 0. The van der Waals surface area contributed by atoms with E-state index in [1.54, 1.807) is 18.3 Å². The number of halogens is 1. The van der Waals surface area contributed by atoms with Crippen LogP contribution in [0.4, 0.5) is 4.39 Å². The molecule has 5 rings (SSSR count). The van der Waals surface area contributed by atoms with Gasteiger partial charge in [0.2, 0.25) is 5.91 Å². The third kappa shape index (κ3) is 3.61. The molecule has 0 bridgehead atoms. The van der Waals surface area contributed by atoms with E-state index in [4.69, 9.17) is 0 Å². The number of pyridine rings is 1. The van der Waals surface area contributed by atoms with Crippen molar-refractivity contribution < 1.29 is 9.18 Å². The van der Waals surface area contributed by atoms with E-state index >= 15 is 0 Å². The zero-order chi connectivity index (χ0) is 21.4. The Kier molecular flexibility index (Phi) is 5.02. The van der Waals surface area contributed by atoms with Gasteiger partial charge in [0.1, 0.15) is 11.5 Å². The fraction of sp³-hybridized carbons (Fsp3) is 0.231. The minimum Gasteiger partial charge on any atom is -0.338 e. The molecule has 2 aromatic carbocycles. The van der Waals surface area contributed by atoms with Gasteiger partial charge in [-0.1, -0.05) is 48.5 Å². The van der Waals surface area contributed by atoms with Gasteiger partial charge in [0.15, 0.2) is 0 Å². The largest absolute Gasteiger partial charge is 0.338 e. The van der Waals surface area contributed by atoms with Crippen molar-refractivity contribution in [2.45, 2.75) is 32.2 Å². The Bertz CT molecular complexity index is 1260. The predicted octanol–water partition coefficient (Wildman–Crippen LogP) is 4.89. The molecule has 4 nitrogen and oxygen atoms in total. The van der Waals surface area contributed by atoms with Crippen LogP contribution in [0.1, 0.15) is 40.3 Å². The van der Waals surface area contributed by atoms with Crippen molar-refractivity contribution in [3.05, 3.63) is 107 Å². The van der Waals surface area contributed by atoms with Gasteiger partial charge in [-0.2, -0.15) is 0 Å². The van der Waals surface area contributed by atoms with E-state index in [-0.39, 0.29) is 18.1 Å². The molecule has 1 atom stereocenters. The zero-order valence-electron chi connectivity index (χ0n) is 17.5. The first-order valence-electron chi connectivity index (χ1n) is 10.6. The summed E-state index contributed by atoms with van der Waals surface area (Å²) in [4.78, 5) is 19.8. The minimum absolute atomic E-state index is 0.0327.